The number of hydrogen-bond donors (Lipinski definition) is 1. The van der Waals surface area contributed by atoms with Crippen LogP contribution in [0.4, 0.5) is 8.78 Å². The van der Waals surface area contributed by atoms with Crippen molar-refractivity contribution >= 4 is 0 Å². The first-order valence-electron chi connectivity index (χ1n) is 4.64. The van der Waals surface area contributed by atoms with Crippen LogP contribution in [0, 0.1) is 11.6 Å². The average Bonchev–Trinajstić information content (AvgIpc) is 2.70. The van der Waals surface area contributed by atoms with E-state index in [0.717, 1.165) is 6.07 Å². The monoisotopic (exact) mass is 225 g/mol. The van der Waals surface area contributed by atoms with E-state index in [0.29, 0.717) is 11.4 Å². The fourth-order valence-corrected chi connectivity index (χ4v) is 1.28. The third-order valence-corrected chi connectivity index (χ3v) is 2.05. The number of rotatable bonds is 3. The summed E-state index contributed by atoms with van der Waals surface area (Å²) in [7, 11) is 0. The first-order valence-corrected chi connectivity index (χ1v) is 4.64. The molecule has 1 heterocycles. The van der Waals surface area contributed by atoms with E-state index in [9.17, 15) is 8.78 Å². The molecule has 0 bridgehead atoms. The van der Waals surface area contributed by atoms with Gasteiger partial charge in [0, 0.05) is 12.5 Å². The van der Waals surface area contributed by atoms with Crippen LogP contribution in [-0.2, 0) is 13.0 Å². The minimum Gasteiger partial charge on any atom is -0.338 e. The number of halogens is 2. The number of aromatic nitrogens is 2. The van der Waals surface area contributed by atoms with Crippen LogP contribution in [0.25, 0.3) is 0 Å². The fourth-order valence-electron chi connectivity index (χ4n) is 1.28. The molecule has 0 fully saturated rings. The molecule has 0 unspecified atom stereocenters. The maximum absolute atomic E-state index is 13.3. The maximum atomic E-state index is 13.3. The van der Waals surface area contributed by atoms with Gasteiger partial charge >= 0.3 is 0 Å². The molecule has 0 spiro atoms. The number of benzene rings is 1. The van der Waals surface area contributed by atoms with Gasteiger partial charge in [-0.3, -0.25) is 0 Å². The Hall–Kier alpha value is -1.82. The van der Waals surface area contributed by atoms with Crippen molar-refractivity contribution in [2.24, 2.45) is 5.73 Å². The van der Waals surface area contributed by atoms with Crippen LogP contribution in [0.3, 0.4) is 0 Å². The van der Waals surface area contributed by atoms with E-state index >= 15 is 0 Å². The molecule has 0 aliphatic rings. The van der Waals surface area contributed by atoms with Crippen molar-refractivity contribution in [2.45, 2.75) is 13.0 Å². The van der Waals surface area contributed by atoms with Crippen molar-refractivity contribution < 1.29 is 13.3 Å². The zero-order valence-electron chi connectivity index (χ0n) is 8.28. The van der Waals surface area contributed by atoms with Gasteiger partial charge in [0.15, 0.2) is 5.82 Å². The van der Waals surface area contributed by atoms with Crippen LogP contribution in [0.1, 0.15) is 17.3 Å². The highest BCUT2D eigenvalue weighted by molar-refractivity contribution is 5.21. The highest BCUT2D eigenvalue weighted by atomic mass is 19.1. The van der Waals surface area contributed by atoms with Crippen molar-refractivity contribution in [1.29, 1.82) is 0 Å². The van der Waals surface area contributed by atoms with E-state index < -0.39 is 11.6 Å². The third kappa shape index (κ3) is 2.22. The van der Waals surface area contributed by atoms with E-state index in [1.165, 1.54) is 12.1 Å². The van der Waals surface area contributed by atoms with Crippen molar-refractivity contribution in [3.8, 4) is 0 Å². The van der Waals surface area contributed by atoms with E-state index in [4.69, 9.17) is 10.3 Å². The molecule has 1 aromatic carbocycles. The van der Waals surface area contributed by atoms with E-state index in [1.807, 2.05) is 0 Å². The Morgan fingerprint density at radius 2 is 2.12 bits per heavy atom. The molecule has 84 valence electrons. The third-order valence-electron chi connectivity index (χ3n) is 2.05. The minimum absolute atomic E-state index is 0.138. The summed E-state index contributed by atoms with van der Waals surface area (Å²) in [6, 6.07) is 3.35. The summed E-state index contributed by atoms with van der Waals surface area (Å²) in [5.74, 6) is -0.625. The van der Waals surface area contributed by atoms with Gasteiger partial charge in [0.25, 0.3) is 0 Å². The Balaban J connectivity index is 2.20. The summed E-state index contributed by atoms with van der Waals surface area (Å²) in [6.07, 6.45) is 0.148. The van der Waals surface area contributed by atoms with Gasteiger partial charge in [-0.25, -0.2) is 8.78 Å². The topological polar surface area (TPSA) is 64.9 Å². The molecule has 4 nitrogen and oxygen atoms in total. The molecule has 0 saturated heterocycles. The summed E-state index contributed by atoms with van der Waals surface area (Å²) in [5, 5.41) is 3.62. The molecule has 0 aliphatic heterocycles. The van der Waals surface area contributed by atoms with Crippen LogP contribution in [0.15, 0.2) is 22.7 Å². The summed E-state index contributed by atoms with van der Waals surface area (Å²) in [6.45, 7) is 0.138. The number of nitrogens with zero attached hydrogens (tertiary/aromatic N) is 2. The van der Waals surface area contributed by atoms with Crippen molar-refractivity contribution in [2.75, 3.05) is 0 Å². The minimum atomic E-state index is -0.626. The molecule has 2 N–H and O–H groups in total. The van der Waals surface area contributed by atoms with Gasteiger partial charge in [-0.15, -0.1) is 0 Å². The van der Waals surface area contributed by atoms with E-state index in [-0.39, 0.29) is 18.9 Å². The van der Waals surface area contributed by atoms with Gasteiger partial charge < -0.3 is 10.3 Å². The van der Waals surface area contributed by atoms with Gasteiger partial charge in [0.1, 0.15) is 11.6 Å². The van der Waals surface area contributed by atoms with Gasteiger partial charge in [-0.2, -0.15) is 4.98 Å². The standard InChI is InChI=1S/C10H9F2N3O/c11-7-2-1-6(8(12)4-7)3-9-14-10(5-13)16-15-9/h1-2,4H,3,5,13H2. The van der Waals surface area contributed by atoms with Crippen LogP contribution in [0.2, 0.25) is 0 Å². The zero-order valence-corrected chi connectivity index (χ0v) is 8.28. The Labute approximate surface area is 90.1 Å². The highest BCUT2D eigenvalue weighted by Crippen LogP contribution is 2.13. The van der Waals surface area contributed by atoms with E-state index in [1.54, 1.807) is 0 Å². The molecular weight excluding hydrogens is 216 g/mol. The molecule has 0 atom stereocenters. The molecule has 0 radical (unpaired) electrons. The van der Waals surface area contributed by atoms with E-state index in [2.05, 4.69) is 10.1 Å². The zero-order chi connectivity index (χ0) is 11.5. The molecule has 0 aliphatic carbocycles. The van der Waals surface area contributed by atoms with Crippen LogP contribution >= 0.6 is 0 Å². The first kappa shape index (κ1) is 10.7. The average molecular weight is 225 g/mol. The lowest BCUT2D eigenvalue weighted by molar-refractivity contribution is 0.375. The molecule has 6 heteroatoms. The number of nitrogens with two attached hydrogens (primary N) is 1. The second kappa shape index (κ2) is 4.36. The fraction of sp³-hybridized carbons (Fsp3) is 0.200. The highest BCUT2D eigenvalue weighted by Gasteiger charge is 2.09. The van der Waals surface area contributed by atoms with Gasteiger partial charge in [-0.05, 0) is 11.6 Å². The smallest absolute Gasteiger partial charge is 0.240 e. The lowest BCUT2D eigenvalue weighted by Gasteiger charge is -1.98. The Morgan fingerprint density at radius 1 is 1.31 bits per heavy atom. The molecule has 0 saturated carbocycles. The second-order valence-electron chi connectivity index (χ2n) is 3.22. The summed E-state index contributed by atoms with van der Waals surface area (Å²) in [5.41, 5.74) is 5.60. The first-order chi connectivity index (χ1) is 7.69. The van der Waals surface area contributed by atoms with Crippen molar-refractivity contribution in [3.05, 3.63) is 47.1 Å². The molecule has 2 aromatic rings. The second-order valence-corrected chi connectivity index (χ2v) is 3.22. The molecule has 0 amide bonds. The van der Waals surface area contributed by atoms with Crippen LogP contribution in [0.5, 0.6) is 0 Å². The van der Waals surface area contributed by atoms with Gasteiger partial charge in [0.2, 0.25) is 5.89 Å². The Kier molecular flexibility index (Phi) is 2.91. The Morgan fingerprint density at radius 3 is 2.75 bits per heavy atom. The van der Waals surface area contributed by atoms with Crippen LogP contribution < -0.4 is 5.73 Å². The summed E-state index contributed by atoms with van der Waals surface area (Å²) >= 11 is 0. The maximum Gasteiger partial charge on any atom is 0.240 e. The van der Waals surface area contributed by atoms with Crippen molar-refractivity contribution in [1.82, 2.24) is 10.1 Å². The summed E-state index contributed by atoms with van der Waals surface area (Å²) in [4.78, 5) is 3.92. The molecule has 1 aromatic heterocycles. The van der Waals surface area contributed by atoms with Crippen molar-refractivity contribution in [3.63, 3.8) is 0 Å². The molecular formula is C10H9F2N3O. The number of hydrogen-bond acceptors (Lipinski definition) is 4. The lowest BCUT2D eigenvalue weighted by atomic mass is 10.1. The lowest BCUT2D eigenvalue weighted by Crippen LogP contribution is -1.98. The normalized spacial score (nSPS) is 10.7. The van der Waals surface area contributed by atoms with Gasteiger partial charge in [0.05, 0.1) is 6.54 Å². The quantitative estimate of drug-likeness (QED) is 0.857. The largest absolute Gasteiger partial charge is 0.338 e. The predicted molar refractivity (Wildman–Crippen MR) is 51.4 cm³/mol. The summed E-state index contributed by atoms with van der Waals surface area (Å²) < 4.78 is 30.7. The Bertz CT molecular complexity index is 499. The SMILES string of the molecule is NCc1nc(Cc2ccc(F)cc2F)no1. The van der Waals surface area contributed by atoms with Crippen LogP contribution in [-0.4, -0.2) is 10.1 Å². The predicted octanol–water partition coefficient (Wildman–Crippen LogP) is 1.40. The molecule has 16 heavy (non-hydrogen) atoms. The molecule has 2 rings (SSSR count). The van der Waals surface area contributed by atoms with Gasteiger partial charge in [-0.1, -0.05) is 11.2 Å².